The molecule has 3 aromatic rings. The third-order valence-electron chi connectivity index (χ3n) is 5.72. The molecule has 1 amide bonds. The summed E-state index contributed by atoms with van der Waals surface area (Å²) in [6.45, 7) is 1.32. The fourth-order valence-corrected chi connectivity index (χ4v) is 4.60. The van der Waals surface area contributed by atoms with Gasteiger partial charge in [0.1, 0.15) is 6.54 Å². The van der Waals surface area contributed by atoms with E-state index >= 15 is 0 Å². The molecule has 6 heteroatoms. The first-order valence-corrected chi connectivity index (χ1v) is 12.6. The predicted molar refractivity (Wildman–Crippen MR) is 141 cm³/mol. The molecule has 3 aromatic carbocycles. The van der Waals surface area contributed by atoms with E-state index in [0.717, 1.165) is 28.5 Å². The zero-order chi connectivity index (χ0) is 25.0. The number of rotatable bonds is 11. The zero-order valence-electron chi connectivity index (χ0n) is 20.2. The number of methoxy groups -OCH3 is 1. The molecule has 0 saturated heterocycles. The number of nitrogens with zero attached hydrogens (tertiary/aromatic N) is 1. The average molecular weight is 490 g/mol. The van der Waals surface area contributed by atoms with E-state index < -0.39 is 11.9 Å². The van der Waals surface area contributed by atoms with Crippen molar-refractivity contribution in [3.63, 3.8) is 0 Å². The van der Waals surface area contributed by atoms with Gasteiger partial charge in [0.15, 0.2) is 5.12 Å². The van der Waals surface area contributed by atoms with E-state index in [2.05, 4.69) is 12.1 Å². The van der Waals surface area contributed by atoms with E-state index in [9.17, 15) is 14.4 Å². The molecule has 182 valence electrons. The smallest absolute Gasteiger partial charge is 0.325 e. The van der Waals surface area contributed by atoms with E-state index in [0.29, 0.717) is 30.7 Å². The van der Waals surface area contributed by atoms with Crippen LogP contribution in [-0.4, -0.2) is 36.4 Å². The summed E-state index contributed by atoms with van der Waals surface area (Å²) in [7, 11) is 1.31. The summed E-state index contributed by atoms with van der Waals surface area (Å²) in [4.78, 5) is 39.2. The van der Waals surface area contributed by atoms with Crippen molar-refractivity contribution < 1.29 is 19.1 Å². The van der Waals surface area contributed by atoms with Gasteiger partial charge in [-0.2, -0.15) is 0 Å². The number of benzene rings is 3. The van der Waals surface area contributed by atoms with Crippen LogP contribution in [0, 0.1) is 5.92 Å². The third-order valence-corrected chi connectivity index (χ3v) is 6.69. The summed E-state index contributed by atoms with van der Waals surface area (Å²) in [6.07, 6.45) is 1.99. The maximum Gasteiger partial charge on any atom is 0.325 e. The Balaban J connectivity index is 1.86. The van der Waals surface area contributed by atoms with E-state index in [1.807, 2.05) is 72.8 Å². The SMILES string of the molecule is COC(=O)CN(C(=O)C(CCc1ccccc1)CSC(C)=O)c1cccc(Cc2ccccc2)c1. The molecular weight excluding hydrogens is 458 g/mol. The van der Waals surface area contributed by atoms with Gasteiger partial charge in [-0.25, -0.2) is 0 Å². The molecular formula is C29H31NO4S. The first kappa shape index (κ1) is 26.2. The monoisotopic (exact) mass is 489 g/mol. The van der Waals surface area contributed by atoms with E-state index in [1.165, 1.54) is 18.9 Å². The second-order valence-corrected chi connectivity index (χ2v) is 9.55. The number of hydrogen-bond donors (Lipinski definition) is 0. The van der Waals surface area contributed by atoms with Crippen LogP contribution in [0.2, 0.25) is 0 Å². The molecule has 0 spiro atoms. The standard InChI is InChI=1S/C29H31NO4S/c1-22(31)35-21-26(17-16-23-10-5-3-6-11-23)29(33)30(20-28(32)34-2)27-15-9-14-25(19-27)18-24-12-7-4-8-13-24/h3-15,19,26H,16-18,20-21H2,1-2H3. The van der Waals surface area contributed by atoms with Crippen LogP contribution >= 0.6 is 11.8 Å². The van der Waals surface area contributed by atoms with Crippen LogP contribution in [0.15, 0.2) is 84.9 Å². The molecule has 0 bridgehead atoms. The molecule has 0 heterocycles. The molecule has 5 nitrogen and oxygen atoms in total. The quantitative estimate of drug-likeness (QED) is 0.342. The summed E-state index contributed by atoms with van der Waals surface area (Å²) in [5.41, 5.74) is 3.97. The largest absolute Gasteiger partial charge is 0.468 e. The average Bonchev–Trinajstić information content (AvgIpc) is 2.88. The molecule has 1 unspecified atom stereocenters. The highest BCUT2D eigenvalue weighted by molar-refractivity contribution is 8.13. The Morgan fingerprint density at radius 1 is 0.857 bits per heavy atom. The second-order valence-electron chi connectivity index (χ2n) is 8.36. The lowest BCUT2D eigenvalue weighted by Crippen LogP contribution is -2.41. The molecule has 0 fully saturated rings. The topological polar surface area (TPSA) is 63.7 Å². The van der Waals surface area contributed by atoms with E-state index in [4.69, 9.17) is 4.74 Å². The number of aryl methyl sites for hydroxylation is 1. The Morgan fingerprint density at radius 2 is 1.49 bits per heavy atom. The van der Waals surface area contributed by atoms with Crippen molar-refractivity contribution in [1.29, 1.82) is 0 Å². The number of amides is 1. The van der Waals surface area contributed by atoms with Crippen LogP contribution in [0.5, 0.6) is 0 Å². The summed E-state index contributed by atoms with van der Waals surface area (Å²) >= 11 is 1.14. The minimum absolute atomic E-state index is 0.0353. The van der Waals surface area contributed by atoms with Crippen molar-refractivity contribution in [2.75, 3.05) is 24.3 Å². The lowest BCUT2D eigenvalue weighted by atomic mass is 9.98. The number of ether oxygens (including phenoxy) is 1. The molecule has 0 aliphatic heterocycles. The van der Waals surface area contributed by atoms with Crippen molar-refractivity contribution in [3.05, 3.63) is 102 Å². The van der Waals surface area contributed by atoms with Crippen LogP contribution in [0.1, 0.15) is 30.0 Å². The van der Waals surface area contributed by atoms with Crippen molar-refractivity contribution >= 4 is 34.4 Å². The Hall–Kier alpha value is -3.38. The fourth-order valence-electron chi connectivity index (χ4n) is 3.86. The summed E-state index contributed by atoms with van der Waals surface area (Å²) < 4.78 is 4.89. The molecule has 0 aliphatic rings. The van der Waals surface area contributed by atoms with Crippen molar-refractivity contribution in [2.24, 2.45) is 5.92 Å². The Kier molecular flexibility index (Phi) is 10.1. The maximum absolute atomic E-state index is 13.8. The number of carbonyl (C=O) groups is 3. The maximum atomic E-state index is 13.8. The Labute approximate surface area is 211 Å². The molecule has 3 rings (SSSR count). The lowest BCUT2D eigenvalue weighted by molar-refractivity contribution is -0.140. The van der Waals surface area contributed by atoms with Gasteiger partial charge in [-0.05, 0) is 48.1 Å². The molecule has 35 heavy (non-hydrogen) atoms. The van der Waals surface area contributed by atoms with Crippen LogP contribution in [0.3, 0.4) is 0 Å². The highest BCUT2D eigenvalue weighted by atomic mass is 32.2. The lowest BCUT2D eigenvalue weighted by Gasteiger charge is -2.27. The summed E-state index contributed by atoms with van der Waals surface area (Å²) in [5, 5.41) is -0.0353. The van der Waals surface area contributed by atoms with Gasteiger partial charge in [-0.15, -0.1) is 0 Å². The number of anilines is 1. The first-order chi connectivity index (χ1) is 17.0. The third kappa shape index (κ3) is 8.41. The van der Waals surface area contributed by atoms with Crippen molar-refractivity contribution in [1.82, 2.24) is 0 Å². The number of esters is 1. The van der Waals surface area contributed by atoms with Gasteiger partial charge < -0.3 is 9.64 Å². The molecule has 0 radical (unpaired) electrons. The van der Waals surface area contributed by atoms with Gasteiger partial charge in [0.25, 0.3) is 0 Å². The number of thioether (sulfide) groups is 1. The summed E-state index contributed by atoms with van der Waals surface area (Å²) in [6, 6.07) is 27.7. The normalized spacial score (nSPS) is 11.5. The zero-order valence-corrected chi connectivity index (χ0v) is 21.0. The highest BCUT2D eigenvalue weighted by Crippen LogP contribution is 2.25. The number of hydrogen-bond acceptors (Lipinski definition) is 5. The van der Waals surface area contributed by atoms with Gasteiger partial charge in [0.2, 0.25) is 5.91 Å². The van der Waals surface area contributed by atoms with Crippen LogP contribution in [0.25, 0.3) is 0 Å². The molecule has 1 atom stereocenters. The highest BCUT2D eigenvalue weighted by Gasteiger charge is 2.28. The van der Waals surface area contributed by atoms with Crippen molar-refractivity contribution in [2.45, 2.75) is 26.2 Å². The van der Waals surface area contributed by atoms with Gasteiger partial charge in [-0.3, -0.25) is 14.4 Å². The van der Waals surface area contributed by atoms with Crippen LogP contribution in [-0.2, 0) is 32.0 Å². The van der Waals surface area contributed by atoms with Gasteiger partial charge in [-0.1, -0.05) is 84.6 Å². The van der Waals surface area contributed by atoms with Gasteiger partial charge >= 0.3 is 5.97 Å². The van der Waals surface area contributed by atoms with Crippen molar-refractivity contribution in [3.8, 4) is 0 Å². The Bertz CT molecular complexity index is 1120. The second kappa shape index (κ2) is 13.5. The fraction of sp³-hybridized carbons (Fsp3) is 0.276. The predicted octanol–water partition coefficient (Wildman–Crippen LogP) is 5.31. The molecule has 0 aliphatic carbocycles. The van der Waals surface area contributed by atoms with E-state index in [-0.39, 0.29) is 17.6 Å². The molecule has 0 saturated carbocycles. The van der Waals surface area contributed by atoms with Gasteiger partial charge in [0.05, 0.1) is 7.11 Å². The molecule has 0 N–H and O–H groups in total. The van der Waals surface area contributed by atoms with E-state index in [1.54, 1.807) is 0 Å². The molecule has 0 aromatic heterocycles. The van der Waals surface area contributed by atoms with Crippen LogP contribution < -0.4 is 4.90 Å². The summed E-state index contributed by atoms with van der Waals surface area (Å²) in [5.74, 6) is -0.737. The van der Waals surface area contributed by atoms with Crippen LogP contribution in [0.4, 0.5) is 5.69 Å². The minimum atomic E-state index is -0.493. The Morgan fingerprint density at radius 3 is 2.11 bits per heavy atom. The number of carbonyl (C=O) groups excluding carboxylic acids is 3. The first-order valence-electron chi connectivity index (χ1n) is 11.6. The van der Waals surface area contributed by atoms with Gasteiger partial charge in [0, 0.05) is 24.3 Å². The minimum Gasteiger partial charge on any atom is -0.468 e.